The summed E-state index contributed by atoms with van der Waals surface area (Å²) in [5.41, 5.74) is 2.00. The molecule has 0 saturated carbocycles. The molecule has 2 atom stereocenters. The van der Waals surface area contributed by atoms with Gasteiger partial charge in [0, 0.05) is 38.2 Å². The van der Waals surface area contributed by atoms with Crippen LogP contribution in [0.4, 0.5) is 0 Å². The average Bonchev–Trinajstić information content (AvgIpc) is 2.92. The Hall–Kier alpha value is -1.15. The molecular formula is C17H26N2O4S. The summed E-state index contributed by atoms with van der Waals surface area (Å²) in [6.07, 6.45) is 4.79. The molecule has 24 heavy (non-hydrogen) atoms. The molecule has 1 fully saturated rings. The highest BCUT2D eigenvalue weighted by molar-refractivity contribution is 7.83. The van der Waals surface area contributed by atoms with E-state index in [4.69, 9.17) is 9.29 Å². The predicted octanol–water partition coefficient (Wildman–Crippen LogP) is 2.62. The fourth-order valence-corrected chi connectivity index (χ4v) is 4.03. The third-order valence-corrected chi connectivity index (χ3v) is 5.97. The number of hydrogen-bond donors (Lipinski definition) is 1. The average molecular weight is 354 g/mol. The van der Waals surface area contributed by atoms with Crippen LogP contribution >= 0.6 is 0 Å². The summed E-state index contributed by atoms with van der Waals surface area (Å²) in [4.78, 5) is 2.43. The molecule has 2 aliphatic heterocycles. The van der Waals surface area contributed by atoms with Gasteiger partial charge in [0.2, 0.25) is 0 Å². The first-order valence-corrected chi connectivity index (χ1v) is 10.0. The van der Waals surface area contributed by atoms with Crippen LogP contribution in [0.15, 0.2) is 18.2 Å². The lowest BCUT2D eigenvalue weighted by Crippen LogP contribution is -2.43. The van der Waals surface area contributed by atoms with Crippen molar-refractivity contribution >= 4 is 10.3 Å². The molecule has 1 N–H and O–H groups in total. The van der Waals surface area contributed by atoms with Crippen LogP contribution in [-0.2, 0) is 16.8 Å². The van der Waals surface area contributed by atoms with E-state index in [0.717, 1.165) is 40.7 Å². The molecule has 0 aromatic heterocycles. The zero-order valence-corrected chi connectivity index (χ0v) is 15.1. The molecule has 1 aromatic rings. The number of hydrogen-bond acceptors (Lipinski definition) is 4. The number of piperidine rings is 1. The topological polar surface area (TPSA) is 70.1 Å². The maximum absolute atomic E-state index is 11.2. The minimum absolute atomic E-state index is 0.0832. The van der Waals surface area contributed by atoms with E-state index in [1.165, 1.54) is 26.3 Å². The first-order chi connectivity index (χ1) is 11.4. The van der Waals surface area contributed by atoms with E-state index in [2.05, 4.69) is 11.8 Å². The lowest BCUT2D eigenvalue weighted by molar-refractivity contribution is 0.0104. The van der Waals surface area contributed by atoms with E-state index in [-0.39, 0.29) is 12.8 Å². The molecule has 0 radical (unpaired) electrons. The van der Waals surface area contributed by atoms with Gasteiger partial charge in [-0.2, -0.15) is 12.7 Å². The molecule has 0 amide bonds. The maximum Gasteiger partial charge on any atom is 0.335 e. The number of nitrogens with zero attached hydrogens (tertiary/aromatic N) is 2. The van der Waals surface area contributed by atoms with E-state index in [0.29, 0.717) is 5.92 Å². The fraction of sp³-hybridized carbons (Fsp3) is 0.647. The number of ether oxygens (including phenoxy) is 1. The van der Waals surface area contributed by atoms with Gasteiger partial charge in [-0.05, 0) is 30.9 Å². The van der Waals surface area contributed by atoms with Gasteiger partial charge in [-0.1, -0.05) is 25.5 Å². The van der Waals surface area contributed by atoms with Crippen molar-refractivity contribution in [1.82, 2.24) is 9.21 Å². The van der Waals surface area contributed by atoms with Crippen molar-refractivity contribution in [3.05, 3.63) is 29.3 Å². The second-order valence-electron chi connectivity index (χ2n) is 6.73. The van der Waals surface area contributed by atoms with E-state index in [1.807, 2.05) is 18.2 Å². The molecule has 2 aliphatic rings. The van der Waals surface area contributed by atoms with Crippen LogP contribution in [0, 0.1) is 0 Å². The van der Waals surface area contributed by atoms with Crippen molar-refractivity contribution in [2.75, 3.05) is 20.1 Å². The van der Waals surface area contributed by atoms with Crippen molar-refractivity contribution in [1.29, 1.82) is 0 Å². The van der Waals surface area contributed by atoms with Crippen molar-refractivity contribution in [2.24, 2.45) is 0 Å². The number of fused-ring (bicyclic) bond motifs is 1. The molecule has 1 aromatic carbocycles. The maximum atomic E-state index is 11.2. The SMILES string of the molecule is CCC1c2cc(CN(C)S(=O)(=O)O)ccc2OC1N1CCCCC1. The summed E-state index contributed by atoms with van der Waals surface area (Å²) in [5, 5.41) is 0. The van der Waals surface area contributed by atoms with Gasteiger partial charge >= 0.3 is 10.3 Å². The highest BCUT2D eigenvalue weighted by atomic mass is 32.2. The Labute approximate surface area is 144 Å². The van der Waals surface area contributed by atoms with Crippen LogP contribution < -0.4 is 4.74 Å². The summed E-state index contributed by atoms with van der Waals surface area (Å²) in [5.74, 6) is 1.20. The normalized spacial score (nSPS) is 24.8. The van der Waals surface area contributed by atoms with Crippen LogP contribution in [0.2, 0.25) is 0 Å². The van der Waals surface area contributed by atoms with Gasteiger partial charge in [0.25, 0.3) is 0 Å². The van der Waals surface area contributed by atoms with Crippen LogP contribution in [-0.4, -0.2) is 48.5 Å². The molecule has 2 unspecified atom stereocenters. The number of likely N-dealkylation sites (tertiary alicyclic amines) is 1. The zero-order valence-electron chi connectivity index (χ0n) is 14.3. The molecule has 0 bridgehead atoms. The fourth-order valence-electron chi connectivity index (χ4n) is 3.72. The Morgan fingerprint density at radius 3 is 2.62 bits per heavy atom. The summed E-state index contributed by atoms with van der Waals surface area (Å²) in [6.45, 7) is 4.47. The van der Waals surface area contributed by atoms with E-state index in [9.17, 15) is 8.42 Å². The number of benzene rings is 1. The van der Waals surface area contributed by atoms with Gasteiger partial charge in [-0.3, -0.25) is 9.45 Å². The Morgan fingerprint density at radius 1 is 1.29 bits per heavy atom. The minimum Gasteiger partial charge on any atom is -0.474 e. The van der Waals surface area contributed by atoms with Gasteiger partial charge < -0.3 is 4.74 Å². The van der Waals surface area contributed by atoms with Crippen molar-refractivity contribution in [3.63, 3.8) is 0 Å². The second-order valence-corrected chi connectivity index (χ2v) is 8.24. The van der Waals surface area contributed by atoms with Crippen LogP contribution in [0.1, 0.15) is 49.7 Å². The predicted molar refractivity (Wildman–Crippen MR) is 92.3 cm³/mol. The van der Waals surface area contributed by atoms with E-state index >= 15 is 0 Å². The lowest BCUT2D eigenvalue weighted by atomic mass is 9.93. The van der Waals surface area contributed by atoms with Gasteiger partial charge in [0.15, 0.2) is 6.23 Å². The van der Waals surface area contributed by atoms with Gasteiger partial charge in [-0.15, -0.1) is 0 Å². The monoisotopic (exact) mass is 354 g/mol. The first-order valence-electron chi connectivity index (χ1n) is 8.62. The summed E-state index contributed by atoms with van der Waals surface area (Å²) >= 11 is 0. The third kappa shape index (κ3) is 3.59. The molecule has 0 spiro atoms. The summed E-state index contributed by atoms with van der Waals surface area (Å²) in [6, 6.07) is 5.82. The van der Waals surface area contributed by atoms with Crippen molar-refractivity contribution in [3.8, 4) is 5.75 Å². The smallest absolute Gasteiger partial charge is 0.335 e. The highest BCUT2D eigenvalue weighted by Crippen LogP contribution is 2.42. The van der Waals surface area contributed by atoms with E-state index < -0.39 is 10.3 Å². The standard InChI is InChI=1S/C17H26N2O4S/c1-3-14-15-11-13(12-18(2)24(20,21)22)7-8-16(15)23-17(14)19-9-5-4-6-10-19/h7-8,11,14,17H,3-6,9-10,12H2,1-2H3,(H,20,21,22). The summed E-state index contributed by atoms with van der Waals surface area (Å²) in [7, 11) is -2.80. The second kappa shape index (κ2) is 7.00. The zero-order chi connectivity index (χ0) is 17.3. The van der Waals surface area contributed by atoms with Gasteiger partial charge in [0.05, 0.1) is 0 Å². The molecular weight excluding hydrogens is 328 g/mol. The van der Waals surface area contributed by atoms with Crippen molar-refractivity contribution in [2.45, 2.75) is 51.3 Å². The van der Waals surface area contributed by atoms with Gasteiger partial charge in [-0.25, -0.2) is 0 Å². The summed E-state index contributed by atoms with van der Waals surface area (Å²) < 4.78 is 38.7. The minimum atomic E-state index is -4.17. The first kappa shape index (κ1) is 17.7. The Morgan fingerprint density at radius 2 is 2.00 bits per heavy atom. The molecule has 6 nitrogen and oxygen atoms in total. The number of rotatable bonds is 5. The molecule has 2 heterocycles. The Kier molecular flexibility index (Phi) is 5.15. The van der Waals surface area contributed by atoms with Crippen molar-refractivity contribution < 1.29 is 17.7 Å². The molecule has 134 valence electrons. The molecule has 1 saturated heterocycles. The Bertz CT molecular complexity index is 686. The lowest BCUT2D eigenvalue weighted by Gasteiger charge is -2.34. The van der Waals surface area contributed by atoms with Crippen LogP contribution in [0.5, 0.6) is 5.75 Å². The van der Waals surface area contributed by atoms with Gasteiger partial charge in [0.1, 0.15) is 5.75 Å². The van der Waals surface area contributed by atoms with Crippen LogP contribution in [0.3, 0.4) is 0 Å². The largest absolute Gasteiger partial charge is 0.474 e. The molecule has 0 aliphatic carbocycles. The van der Waals surface area contributed by atoms with Crippen LogP contribution in [0.25, 0.3) is 0 Å². The third-order valence-electron chi connectivity index (χ3n) is 5.06. The molecule has 7 heteroatoms. The molecule has 3 rings (SSSR count). The highest BCUT2D eigenvalue weighted by Gasteiger charge is 2.37. The Balaban J connectivity index is 1.80. The quantitative estimate of drug-likeness (QED) is 0.823. The van der Waals surface area contributed by atoms with E-state index in [1.54, 1.807) is 0 Å².